The van der Waals surface area contributed by atoms with E-state index < -0.39 is 111 Å². The van der Waals surface area contributed by atoms with Crippen LogP contribution in [-0.4, -0.2) is 97.0 Å². The second-order valence-corrected chi connectivity index (χ2v) is 13.9. The van der Waals surface area contributed by atoms with E-state index in [9.17, 15) is 39.6 Å². The summed E-state index contributed by atoms with van der Waals surface area (Å²) in [6, 6.07) is 0. The summed E-state index contributed by atoms with van der Waals surface area (Å²) in [5, 5.41) is 47.6. The highest BCUT2D eigenvalue weighted by Crippen LogP contribution is 2.75. The molecule has 5 heterocycles. The Morgan fingerprint density at radius 2 is 1.75 bits per heavy atom. The fraction of sp³-hybridized carbons (Fsp3) is 0.786. The number of Topliss-reactive ketones (excluding diaryl/α,β-unsaturated/α-hetero) is 1. The molecule has 0 amide bonds. The molecule has 0 aromatic rings. The lowest BCUT2D eigenvalue weighted by molar-refractivity contribution is -0.387. The fourth-order valence-corrected chi connectivity index (χ4v) is 10.6. The Morgan fingerprint density at radius 3 is 2.48 bits per heavy atom. The molecule has 8 aliphatic rings. The van der Waals surface area contributed by atoms with Crippen LogP contribution >= 0.6 is 0 Å². The van der Waals surface area contributed by atoms with Crippen molar-refractivity contribution >= 4 is 23.5 Å². The molecular weight excluding hydrogens is 528 g/mol. The minimum Gasteiger partial charge on any atom is -0.458 e. The summed E-state index contributed by atoms with van der Waals surface area (Å²) in [5.41, 5.74) is -11.5. The highest BCUT2D eigenvalue weighted by atomic mass is 16.8. The molecule has 40 heavy (non-hydrogen) atoms. The Balaban J connectivity index is 1.45. The van der Waals surface area contributed by atoms with Gasteiger partial charge >= 0.3 is 11.9 Å². The molecule has 2 saturated carbocycles. The number of fused-ring (bicyclic) bond motifs is 5. The topological polar surface area (TPSA) is 186 Å². The molecule has 5 aliphatic heterocycles. The molecule has 0 aromatic carbocycles. The predicted octanol–water partition coefficient (Wildman–Crippen LogP) is -1.31. The Bertz CT molecular complexity index is 1360. The van der Waals surface area contributed by atoms with E-state index >= 15 is 0 Å². The first-order valence-corrected chi connectivity index (χ1v) is 13.9. The van der Waals surface area contributed by atoms with Gasteiger partial charge in [0.15, 0.2) is 28.4 Å². The van der Waals surface area contributed by atoms with Gasteiger partial charge in [0.1, 0.15) is 11.7 Å². The fourth-order valence-electron chi connectivity index (χ4n) is 10.6. The first-order chi connectivity index (χ1) is 18.6. The van der Waals surface area contributed by atoms with E-state index in [1.165, 1.54) is 26.0 Å². The summed E-state index contributed by atoms with van der Waals surface area (Å²) in [6.07, 6.45) is -2.40. The number of ketones is 2. The van der Waals surface area contributed by atoms with Crippen LogP contribution in [-0.2, 0) is 38.1 Å². The molecule has 14 atom stereocenters. The summed E-state index contributed by atoms with van der Waals surface area (Å²) in [7, 11) is 0. The first kappa shape index (κ1) is 25.5. The molecule has 7 fully saturated rings. The van der Waals surface area contributed by atoms with Crippen molar-refractivity contribution in [2.24, 2.45) is 34.5 Å². The van der Waals surface area contributed by atoms with Crippen molar-refractivity contribution in [3.63, 3.8) is 0 Å². The molecule has 0 aromatic heterocycles. The predicted molar refractivity (Wildman–Crippen MR) is 127 cm³/mol. The molecule has 4 N–H and O–H groups in total. The molecular formula is C28H32O12. The maximum absolute atomic E-state index is 14.9. The zero-order chi connectivity index (χ0) is 28.6. The smallest absolute Gasteiger partial charge is 0.342 e. The minimum atomic E-state index is -2.60. The molecule has 8 rings (SSSR count). The monoisotopic (exact) mass is 560 g/mol. The Labute approximate surface area is 228 Å². The van der Waals surface area contributed by atoms with Crippen molar-refractivity contribution in [2.75, 3.05) is 6.61 Å². The summed E-state index contributed by atoms with van der Waals surface area (Å²) in [6.45, 7) is 4.32. The number of aliphatic hydroxyl groups is 4. The van der Waals surface area contributed by atoms with Crippen LogP contribution in [0.15, 0.2) is 12.2 Å². The number of carbonyl (C=O) groups is 4. The maximum atomic E-state index is 14.9. The van der Waals surface area contributed by atoms with Gasteiger partial charge in [-0.3, -0.25) is 14.4 Å². The normalized spacial score (nSPS) is 62.6. The van der Waals surface area contributed by atoms with Gasteiger partial charge in [-0.1, -0.05) is 13.0 Å². The van der Waals surface area contributed by atoms with Crippen molar-refractivity contribution < 1.29 is 58.6 Å². The molecule has 12 nitrogen and oxygen atoms in total. The van der Waals surface area contributed by atoms with E-state index in [1.807, 2.05) is 0 Å². The lowest BCUT2D eigenvalue weighted by atomic mass is 9.46. The van der Waals surface area contributed by atoms with E-state index in [4.69, 9.17) is 18.9 Å². The Hall–Kier alpha value is -2.22. The van der Waals surface area contributed by atoms with Gasteiger partial charge in [-0.15, -0.1) is 0 Å². The number of hydrogen-bond acceptors (Lipinski definition) is 12. The van der Waals surface area contributed by atoms with Crippen LogP contribution in [0.5, 0.6) is 0 Å². The first-order valence-electron chi connectivity index (χ1n) is 13.9. The highest BCUT2D eigenvalue weighted by molar-refractivity contribution is 6.00. The van der Waals surface area contributed by atoms with Crippen LogP contribution in [0.25, 0.3) is 0 Å². The minimum absolute atomic E-state index is 0.0976. The third-order valence-corrected chi connectivity index (χ3v) is 12.7. The number of rotatable bonds is 0. The van der Waals surface area contributed by atoms with Crippen LogP contribution < -0.4 is 0 Å². The van der Waals surface area contributed by atoms with E-state index in [2.05, 4.69) is 0 Å². The Kier molecular flexibility index (Phi) is 4.27. The number of esters is 2. The number of allylic oxidation sites excluding steroid dienone is 1. The zero-order valence-electron chi connectivity index (χ0n) is 22.3. The summed E-state index contributed by atoms with van der Waals surface area (Å²) >= 11 is 0. The van der Waals surface area contributed by atoms with Gasteiger partial charge in [-0.2, -0.15) is 0 Å². The van der Waals surface area contributed by atoms with E-state index in [1.54, 1.807) is 6.92 Å². The molecule has 5 bridgehead atoms. The summed E-state index contributed by atoms with van der Waals surface area (Å²) < 4.78 is 24.7. The number of hydrogen-bond donors (Lipinski definition) is 4. The lowest BCUT2D eigenvalue weighted by Gasteiger charge is -2.64. The van der Waals surface area contributed by atoms with Crippen LogP contribution in [0.3, 0.4) is 0 Å². The van der Waals surface area contributed by atoms with Crippen LogP contribution in [0.2, 0.25) is 0 Å². The van der Waals surface area contributed by atoms with Gasteiger partial charge in [0, 0.05) is 18.3 Å². The molecule has 0 radical (unpaired) electrons. The van der Waals surface area contributed by atoms with Crippen LogP contribution in [0.1, 0.15) is 46.5 Å². The summed E-state index contributed by atoms with van der Waals surface area (Å²) in [4.78, 5) is 55.6. The SMILES string of the molecule is CC12CC3OC(=O)C1COC14OC5(C2C1=O)C(O)(CC(O)C1C4CC(O)C2(O)CC=CC(=O)C12C)C(=O)OC35C. The molecule has 3 aliphatic carbocycles. The number of ether oxygens (including phenoxy) is 4. The van der Waals surface area contributed by atoms with Crippen molar-refractivity contribution in [2.45, 2.75) is 93.0 Å². The zero-order valence-corrected chi connectivity index (χ0v) is 22.3. The molecule has 216 valence electrons. The van der Waals surface area contributed by atoms with E-state index in [-0.39, 0.29) is 25.9 Å². The van der Waals surface area contributed by atoms with Crippen LogP contribution in [0, 0.1) is 34.5 Å². The summed E-state index contributed by atoms with van der Waals surface area (Å²) in [5.74, 6) is -9.96. The van der Waals surface area contributed by atoms with Crippen molar-refractivity contribution in [1.82, 2.24) is 0 Å². The quantitative estimate of drug-likeness (QED) is 0.257. The van der Waals surface area contributed by atoms with Crippen molar-refractivity contribution in [3.05, 3.63) is 12.2 Å². The average Bonchev–Trinajstić information content (AvgIpc) is 3.19. The third kappa shape index (κ3) is 2.12. The number of carbonyl (C=O) groups excluding carboxylic acids is 4. The van der Waals surface area contributed by atoms with E-state index in [0.29, 0.717) is 0 Å². The van der Waals surface area contributed by atoms with E-state index in [0.717, 1.165) is 0 Å². The molecule has 2 spiro atoms. The highest BCUT2D eigenvalue weighted by Gasteiger charge is 2.94. The van der Waals surface area contributed by atoms with Gasteiger partial charge < -0.3 is 39.4 Å². The standard InChI is InChI=1S/C28H32O12/c1-22-9-16-24(3)28-18(22)19(32)27(40-28,37-10-12(22)20(33)38-16)11-7-15(31)25(35)6-4-5-14(30)23(25,2)17(11)13(29)8-26(28,36)21(34)39-24/h4-5,11-13,15-18,29,31,35-36H,6-10H2,1-3H3. The molecule has 12 heteroatoms. The van der Waals surface area contributed by atoms with Crippen molar-refractivity contribution in [3.8, 4) is 0 Å². The molecule has 5 saturated heterocycles. The molecule has 14 unspecified atom stereocenters. The van der Waals surface area contributed by atoms with Gasteiger partial charge in [-0.05, 0) is 44.6 Å². The Morgan fingerprint density at radius 1 is 1.02 bits per heavy atom. The second-order valence-electron chi connectivity index (χ2n) is 13.9. The van der Waals surface area contributed by atoms with Gasteiger partial charge in [-0.25, -0.2) is 4.79 Å². The number of aliphatic hydroxyl groups excluding tert-OH is 2. The second kappa shape index (κ2) is 6.71. The largest absolute Gasteiger partial charge is 0.458 e. The van der Waals surface area contributed by atoms with Gasteiger partial charge in [0.05, 0.1) is 36.1 Å². The van der Waals surface area contributed by atoms with Gasteiger partial charge in [0.25, 0.3) is 0 Å². The van der Waals surface area contributed by atoms with Crippen molar-refractivity contribution in [1.29, 1.82) is 0 Å². The van der Waals surface area contributed by atoms with Crippen LogP contribution in [0.4, 0.5) is 0 Å². The maximum Gasteiger partial charge on any atom is 0.342 e. The third-order valence-electron chi connectivity index (χ3n) is 12.7. The lowest BCUT2D eigenvalue weighted by Crippen LogP contribution is -2.80. The van der Waals surface area contributed by atoms with Gasteiger partial charge in [0.2, 0.25) is 5.79 Å². The average molecular weight is 561 g/mol.